The third-order valence-electron chi connectivity index (χ3n) is 3.22. The molecule has 0 aliphatic heterocycles. The van der Waals surface area contributed by atoms with Gasteiger partial charge in [0, 0.05) is 11.3 Å². The Bertz CT molecular complexity index is 645. The molecule has 0 atom stereocenters. The average molecular weight is 281 g/mol. The summed E-state index contributed by atoms with van der Waals surface area (Å²) >= 11 is 0. The van der Waals surface area contributed by atoms with Gasteiger partial charge in [-0.3, -0.25) is 4.79 Å². The van der Waals surface area contributed by atoms with Gasteiger partial charge in [0.2, 0.25) is 0 Å². The minimum absolute atomic E-state index is 0.133. The zero-order chi connectivity index (χ0) is 15.2. The Labute approximate surface area is 125 Å². The van der Waals surface area contributed by atoms with Crippen LogP contribution in [0.25, 0.3) is 0 Å². The highest BCUT2D eigenvalue weighted by Gasteiger charge is 2.10. The van der Waals surface area contributed by atoms with Crippen molar-refractivity contribution < 1.29 is 9.53 Å². The second-order valence-electron chi connectivity index (χ2n) is 4.84. The molecule has 3 nitrogen and oxygen atoms in total. The van der Waals surface area contributed by atoms with Gasteiger partial charge in [-0.25, -0.2) is 0 Å². The van der Waals surface area contributed by atoms with Gasteiger partial charge in [-0.15, -0.1) is 6.58 Å². The molecule has 0 saturated heterocycles. The molecule has 0 aliphatic rings. The molecule has 1 N–H and O–H groups in total. The molecule has 0 radical (unpaired) electrons. The van der Waals surface area contributed by atoms with Gasteiger partial charge in [0.25, 0.3) is 5.91 Å². The lowest BCUT2D eigenvalue weighted by Gasteiger charge is -2.10. The van der Waals surface area contributed by atoms with Gasteiger partial charge in [-0.2, -0.15) is 0 Å². The number of amides is 1. The van der Waals surface area contributed by atoms with Crippen LogP contribution < -0.4 is 10.1 Å². The first-order valence-electron chi connectivity index (χ1n) is 6.80. The number of carbonyl (C=O) groups is 1. The maximum atomic E-state index is 12.3. The summed E-state index contributed by atoms with van der Waals surface area (Å²) in [5, 5.41) is 2.89. The third kappa shape index (κ3) is 3.72. The number of allylic oxidation sites excluding steroid dienone is 1. The first kappa shape index (κ1) is 14.9. The third-order valence-corrected chi connectivity index (χ3v) is 3.22. The molecule has 0 aliphatic carbocycles. The van der Waals surface area contributed by atoms with Crippen LogP contribution >= 0.6 is 0 Å². The van der Waals surface area contributed by atoms with E-state index in [0.29, 0.717) is 12.0 Å². The Morgan fingerprint density at radius 1 is 1.24 bits per heavy atom. The Morgan fingerprint density at radius 2 is 1.95 bits per heavy atom. The van der Waals surface area contributed by atoms with Gasteiger partial charge >= 0.3 is 0 Å². The molecule has 0 bridgehead atoms. The second kappa shape index (κ2) is 6.75. The van der Waals surface area contributed by atoms with Crippen molar-refractivity contribution in [2.24, 2.45) is 0 Å². The highest BCUT2D eigenvalue weighted by molar-refractivity contribution is 6.04. The van der Waals surface area contributed by atoms with E-state index < -0.39 is 0 Å². The van der Waals surface area contributed by atoms with Crippen LogP contribution in [-0.4, -0.2) is 13.0 Å². The molecule has 0 heterocycles. The number of carbonyl (C=O) groups excluding carboxylic acids is 1. The van der Waals surface area contributed by atoms with Gasteiger partial charge < -0.3 is 10.1 Å². The highest BCUT2D eigenvalue weighted by atomic mass is 16.5. The zero-order valence-electron chi connectivity index (χ0n) is 12.3. The minimum Gasteiger partial charge on any atom is -0.496 e. The summed E-state index contributed by atoms with van der Waals surface area (Å²) in [5.41, 5.74) is 3.50. The van der Waals surface area contributed by atoms with E-state index in [4.69, 9.17) is 4.74 Å². The fourth-order valence-corrected chi connectivity index (χ4v) is 2.08. The normalized spacial score (nSPS) is 10.0. The van der Waals surface area contributed by atoms with Crippen molar-refractivity contribution in [2.75, 3.05) is 12.4 Å². The molecular formula is C18H19NO2. The molecule has 0 unspecified atom stereocenters. The molecule has 21 heavy (non-hydrogen) atoms. The SMILES string of the molecule is C=CCc1cc(C(=O)Nc2ccc(C)cc2)ccc1OC. The summed E-state index contributed by atoms with van der Waals surface area (Å²) in [7, 11) is 1.62. The first-order chi connectivity index (χ1) is 10.1. The minimum atomic E-state index is -0.133. The maximum absolute atomic E-state index is 12.3. The number of hydrogen-bond acceptors (Lipinski definition) is 2. The summed E-state index contributed by atoms with van der Waals surface area (Å²) < 4.78 is 5.28. The van der Waals surface area contributed by atoms with E-state index in [1.54, 1.807) is 19.3 Å². The van der Waals surface area contributed by atoms with E-state index in [0.717, 1.165) is 22.6 Å². The number of ether oxygens (including phenoxy) is 1. The smallest absolute Gasteiger partial charge is 0.255 e. The second-order valence-corrected chi connectivity index (χ2v) is 4.84. The van der Waals surface area contributed by atoms with E-state index in [2.05, 4.69) is 11.9 Å². The van der Waals surface area contributed by atoms with Crippen LogP contribution in [0.15, 0.2) is 55.1 Å². The number of anilines is 1. The molecule has 0 fully saturated rings. The van der Waals surface area contributed by atoms with Crippen molar-refractivity contribution in [1.29, 1.82) is 0 Å². The van der Waals surface area contributed by atoms with Crippen LogP contribution in [0.4, 0.5) is 5.69 Å². The number of aryl methyl sites for hydroxylation is 1. The predicted molar refractivity (Wildman–Crippen MR) is 86.0 cm³/mol. The summed E-state index contributed by atoms with van der Waals surface area (Å²) in [6.07, 6.45) is 2.45. The summed E-state index contributed by atoms with van der Waals surface area (Å²) in [6, 6.07) is 13.1. The van der Waals surface area contributed by atoms with Crippen LogP contribution in [0.2, 0.25) is 0 Å². The van der Waals surface area contributed by atoms with Crippen LogP contribution in [0.1, 0.15) is 21.5 Å². The van der Waals surface area contributed by atoms with Crippen LogP contribution in [-0.2, 0) is 6.42 Å². The highest BCUT2D eigenvalue weighted by Crippen LogP contribution is 2.21. The lowest BCUT2D eigenvalue weighted by molar-refractivity contribution is 0.102. The van der Waals surface area contributed by atoms with E-state index >= 15 is 0 Å². The topological polar surface area (TPSA) is 38.3 Å². The van der Waals surface area contributed by atoms with Gasteiger partial charge in [-0.1, -0.05) is 23.8 Å². The lowest BCUT2D eigenvalue weighted by atomic mass is 10.1. The molecule has 1 amide bonds. The number of nitrogens with one attached hydrogen (secondary N) is 1. The zero-order valence-corrected chi connectivity index (χ0v) is 12.3. The fraction of sp³-hybridized carbons (Fsp3) is 0.167. The number of rotatable bonds is 5. The molecule has 3 heteroatoms. The molecule has 108 valence electrons. The molecule has 0 aromatic heterocycles. The number of methoxy groups -OCH3 is 1. The summed E-state index contributed by atoms with van der Waals surface area (Å²) in [4.78, 5) is 12.3. The van der Waals surface area contributed by atoms with Gasteiger partial charge in [0.05, 0.1) is 7.11 Å². The Kier molecular flexibility index (Phi) is 4.77. The van der Waals surface area contributed by atoms with Crippen LogP contribution in [0.5, 0.6) is 5.75 Å². The molecule has 0 saturated carbocycles. The van der Waals surface area contributed by atoms with E-state index in [-0.39, 0.29) is 5.91 Å². The Hall–Kier alpha value is -2.55. The standard InChI is InChI=1S/C18H19NO2/c1-4-5-14-12-15(8-11-17(14)21-3)18(20)19-16-9-6-13(2)7-10-16/h4,6-12H,1,5H2,2-3H3,(H,19,20). The Balaban J connectivity index is 2.20. The van der Waals surface area contributed by atoms with E-state index in [1.807, 2.05) is 43.3 Å². The maximum Gasteiger partial charge on any atom is 0.255 e. The van der Waals surface area contributed by atoms with Crippen molar-refractivity contribution in [1.82, 2.24) is 0 Å². The van der Waals surface area contributed by atoms with Gasteiger partial charge in [-0.05, 0) is 49.2 Å². The summed E-state index contributed by atoms with van der Waals surface area (Å²) in [5.74, 6) is 0.633. The van der Waals surface area contributed by atoms with Crippen molar-refractivity contribution in [3.8, 4) is 5.75 Å². The van der Waals surface area contributed by atoms with Crippen molar-refractivity contribution >= 4 is 11.6 Å². The quantitative estimate of drug-likeness (QED) is 0.842. The van der Waals surface area contributed by atoms with E-state index in [1.165, 1.54) is 0 Å². The predicted octanol–water partition coefficient (Wildman–Crippen LogP) is 3.98. The van der Waals surface area contributed by atoms with Crippen molar-refractivity contribution in [2.45, 2.75) is 13.3 Å². The fourth-order valence-electron chi connectivity index (χ4n) is 2.08. The molecule has 2 aromatic carbocycles. The number of benzene rings is 2. The van der Waals surface area contributed by atoms with Crippen molar-refractivity contribution in [3.63, 3.8) is 0 Å². The molecule has 2 aromatic rings. The van der Waals surface area contributed by atoms with E-state index in [9.17, 15) is 4.79 Å². The number of hydrogen-bond donors (Lipinski definition) is 1. The van der Waals surface area contributed by atoms with Crippen molar-refractivity contribution in [3.05, 3.63) is 71.8 Å². The molecule has 2 rings (SSSR count). The molecular weight excluding hydrogens is 262 g/mol. The lowest BCUT2D eigenvalue weighted by Crippen LogP contribution is -2.12. The van der Waals surface area contributed by atoms with Crippen LogP contribution in [0.3, 0.4) is 0 Å². The van der Waals surface area contributed by atoms with Gasteiger partial charge in [0.1, 0.15) is 5.75 Å². The average Bonchev–Trinajstić information content (AvgIpc) is 2.50. The summed E-state index contributed by atoms with van der Waals surface area (Å²) in [6.45, 7) is 5.74. The Morgan fingerprint density at radius 3 is 2.57 bits per heavy atom. The first-order valence-corrected chi connectivity index (χ1v) is 6.80. The molecule has 0 spiro atoms. The van der Waals surface area contributed by atoms with Crippen LogP contribution in [0, 0.1) is 6.92 Å². The monoisotopic (exact) mass is 281 g/mol. The van der Waals surface area contributed by atoms with Gasteiger partial charge in [0.15, 0.2) is 0 Å². The largest absolute Gasteiger partial charge is 0.496 e.